The summed E-state index contributed by atoms with van der Waals surface area (Å²) in [5, 5.41) is 0.991. The van der Waals surface area contributed by atoms with Gasteiger partial charge >= 0.3 is 0 Å². The zero-order chi connectivity index (χ0) is 6.73. The van der Waals surface area contributed by atoms with Crippen LogP contribution < -0.4 is 0 Å². The van der Waals surface area contributed by atoms with Crippen LogP contribution in [0.3, 0.4) is 0 Å². The van der Waals surface area contributed by atoms with Crippen molar-refractivity contribution in [1.82, 2.24) is 0 Å². The van der Waals surface area contributed by atoms with E-state index in [4.69, 9.17) is 11.6 Å². The molecule has 0 aromatic heterocycles. The second-order valence-electron chi connectivity index (χ2n) is 2.50. The average Bonchev–Trinajstić information content (AvgIpc) is 1.64. The van der Waals surface area contributed by atoms with Gasteiger partial charge in [0, 0.05) is 5.03 Å². The summed E-state index contributed by atoms with van der Waals surface area (Å²) in [4.78, 5) is 0. The molecule has 0 N–H and O–H groups in total. The van der Waals surface area contributed by atoms with E-state index in [0.29, 0.717) is 5.92 Å². The van der Waals surface area contributed by atoms with Crippen molar-refractivity contribution in [2.24, 2.45) is 5.92 Å². The maximum Gasteiger partial charge on any atom is 0.0192 e. The summed E-state index contributed by atoms with van der Waals surface area (Å²) in [6, 6.07) is 0. The van der Waals surface area contributed by atoms with Crippen LogP contribution in [0.5, 0.6) is 0 Å². The molecule has 0 unspecified atom stereocenters. The third kappa shape index (κ3) is 2.37. The zero-order valence-electron chi connectivity index (χ0n) is 5.96. The highest BCUT2D eigenvalue weighted by Crippen LogP contribution is 2.17. The van der Waals surface area contributed by atoms with Gasteiger partial charge in [-0.2, -0.15) is 0 Å². The summed E-state index contributed by atoms with van der Waals surface area (Å²) in [7, 11) is 0. The Balaban J connectivity index is 4.00. The molecule has 0 atom stereocenters. The Morgan fingerprint density at radius 1 is 1.25 bits per heavy atom. The third-order valence-corrected chi connectivity index (χ3v) is 1.80. The minimum Gasteiger partial charge on any atom is -0.0889 e. The van der Waals surface area contributed by atoms with Crippen LogP contribution in [-0.2, 0) is 0 Å². The van der Waals surface area contributed by atoms with Crippen LogP contribution in [0.1, 0.15) is 27.7 Å². The van der Waals surface area contributed by atoms with Crippen LogP contribution >= 0.6 is 11.6 Å². The van der Waals surface area contributed by atoms with Crippen LogP contribution in [0.25, 0.3) is 0 Å². The summed E-state index contributed by atoms with van der Waals surface area (Å²) >= 11 is 5.83. The Morgan fingerprint density at radius 3 is 1.62 bits per heavy atom. The molecule has 0 saturated carbocycles. The normalized spacial score (nSPS) is 9.75. The molecule has 8 heavy (non-hydrogen) atoms. The van der Waals surface area contributed by atoms with E-state index >= 15 is 0 Å². The topological polar surface area (TPSA) is 0 Å². The maximum atomic E-state index is 5.83. The molecule has 0 fully saturated rings. The molecule has 0 radical (unpaired) electrons. The van der Waals surface area contributed by atoms with E-state index in [9.17, 15) is 0 Å². The molecule has 0 saturated heterocycles. The zero-order valence-corrected chi connectivity index (χ0v) is 6.71. The van der Waals surface area contributed by atoms with E-state index < -0.39 is 0 Å². The molecular formula is C7H13Cl. The van der Waals surface area contributed by atoms with Gasteiger partial charge in [-0.05, 0) is 19.8 Å². The number of allylic oxidation sites excluding steroid dienone is 2. The van der Waals surface area contributed by atoms with Crippen molar-refractivity contribution in [2.45, 2.75) is 27.7 Å². The van der Waals surface area contributed by atoms with E-state index in [2.05, 4.69) is 13.8 Å². The molecule has 0 spiro atoms. The van der Waals surface area contributed by atoms with Crippen LogP contribution in [0.15, 0.2) is 10.6 Å². The Bertz CT molecular complexity index is 97.0. The first kappa shape index (κ1) is 8.03. The lowest BCUT2D eigenvalue weighted by Crippen LogP contribution is -1.87. The first-order valence-electron chi connectivity index (χ1n) is 2.88. The molecule has 0 heterocycles. The lowest BCUT2D eigenvalue weighted by atomic mass is 10.1. The lowest BCUT2D eigenvalue weighted by Gasteiger charge is -2.02. The fraction of sp³-hybridized carbons (Fsp3) is 0.714. The molecule has 0 aromatic rings. The van der Waals surface area contributed by atoms with Gasteiger partial charge in [-0.1, -0.05) is 31.0 Å². The molecule has 48 valence electrons. The second kappa shape index (κ2) is 3.13. The molecule has 0 aromatic carbocycles. The van der Waals surface area contributed by atoms with Gasteiger partial charge in [0.15, 0.2) is 0 Å². The summed E-state index contributed by atoms with van der Waals surface area (Å²) in [5.41, 5.74) is 1.22. The van der Waals surface area contributed by atoms with Gasteiger partial charge < -0.3 is 0 Å². The highest BCUT2D eigenvalue weighted by molar-refractivity contribution is 6.30. The van der Waals surface area contributed by atoms with Gasteiger partial charge in [0.1, 0.15) is 0 Å². The fourth-order valence-electron chi connectivity index (χ4n) is 0.577. The van der Waals surface area contributed by atoms with Gasteiger partial charge in [0.2, 0.25) is 0 Å². The van der Waals surface area contributed by atoms with Crippen LogP contribution in [0.4, 0.5) is 0 Å². The van der Waals surface area contributed by atoms with Crippen molar-refractivity contribution in [2.75, 3.05) is 0 Å². The predicted molar refractivity (Wildman–Crippen MR) is 39.1 cm³/mol. The number of hydrogen-bond donors (Lipinski definition) is 0. The van der Waals surface area contributed by atoms with Gasteiger partial charge in [-0.15, -0.1) is 0 Å². The predicted octanol–water partition coefficient (Wildman–Crippen LogP) is 3.18. The van der Waals surface area contributed by atoms with Crippen molar-refractivity contribution in [3.05, 3.63) is 10.6 Å². The first-order valence-corrected chi connectivity index (χ1v) is 3.26. The number of hydrogen-bond acceptors (Lipinski definition) is 0. The quantitative estimate of drug-likeness (QED) is 0.514. The number of rotatable bonds is 1. The molecule has 0 aliphatic heterocycles. The molecule has 0 bridgehead atoms. The van der Waals surface area contributed by atoms with Crippen molar-refractivity contribution in [1.29, 1.82) is 0 Å². The molecule has 0 aliphatic carbocycles. The van der Waals surface area contributed by atoms with E-state index in [0.717, 1.165) is 5.03 Å². The molecule has 0 aliphatic rings. The van der Waals surface area contributed by atoms with Gasteiger partial charge in [-0.25, -0.2) is 0 Å². The van der Waals surface area contributed by atoms with E-state index in [-0.39, 0.29) is 0 Å². The smallest absolute Gasteiger partial charge is 0.0192 e. The standard InChI is InChI=1S/C7H13Cl/c1-5(2)7(8)6(3)4/h5H,1-4H3. The fourth-order valence-corrected chi connectivity index (χ4v) is 0.577. The number of halogens is 1. The summed E-state index contributed by atoms with van der Waals surface area (Å²) in [5.74, 6) is 0.488. The highest BCUT2D eigenvalue weighted by Gasteiger charge is 1.98. The monoisotopic (exact) mass is 132 g/mol. The molecule has 0 amide bonds. The van der Waals surface area contributed by atoms with Gasteiger partial charge in [-0.3, -0.25) is 0 Å². The highest BCUT2D eigenvalue weighted by atomic mass is 35.5. The van der Waals surface area contributed by atoms with E-state index in [1.54, 1.807) is 0 Å². The Morgan fingerprint density at radius 2 is 1.62 bits per heavy atom. The van der Waals surface area contributed by atoms with Gasteiger partial charge in [0.25, 0.3) is 0 Å². The Hall–Kier alpha value is 0.0300. The largest absolute Gasteiger partial charge is 0.0889 e. The molecule has 0 nitrogen and oxygen atoms in total. The SMILES string of the molecule is CC(C)=C(Cl)C(C)C. The molecule has 1 heteroatoms. The third-order valence-electron chi connectivity index (χ3n) is 0.985. The Kier molecular flexibility index (Phi) is 3.15. The minimum absolute atomic E-state index is 0.488. The van der Waals surface area contributed by atoms with Crippen molar-refractivity contribution < 1.29 is 0 Å². The van der Waals surface area contributed by atoms with Crippen molar-refractivity contribution in [3.8, 4) is 0 Å². The first-order chi connectivity index (χ1) is 3.55. The lowest BCUT2D eigenvalue weighted by molar-refractivity contribution is 0.802. The maximum absolute atomic E-state index is 5.83. The van der Waals surface area contributed by atoms with Crippen molar-refractivity contribution in [3.63, 3.8) is 0 Å². The summed E-state index contributed by atoms with van der Waals surface area (Å²) in [6.07, 6.45) is 0. The second-order valence-corrected chi connectivity index (χ2v) is 2.91. The minimum atomic E-state index is 0.488. The van der Waals surface area contributed by atoms with Crippen LogP contribution in [-0.4, -0.2) is 0 Å². The average molecular weight is 133 g/mol. The molecule has 0 rings (SSSR count). The summed E-state index contributed by atoms with van der Waals surface area (Å²) < 4.78 is 0. The summed E-state index contributed by atoms with van der Waals surface area (Å²) in [6.45, 7) is 8.25. The molecular weight excluding hydrogens is 120 g/mol. The van der Waals surface area contributed by atoms with Crippen molar-refractivity contribution >= 4 is 11.6 Å². The van der Waals surface area contributed by atoms with Crippen LogP contribution in [0, 0.1) is 5.92 Å². The van der Waals surface area contributed by atoms with E-state index in [1.165, 1.54) is 5.57 Å². The van der Waals surface area contributed by atoms with E-state index in [1.807, 2.05) is 13.8 Å². The van der Waals surface area contributed by atoms with Gasteiger partial charge in [0.05, 0.1) is 0 Å². The van der Waals surface area contributed by atoms with Crippen LogP contribution in [0.2, 0.25) is 0 Å². The Labute approximate surface area is 56.5 Å².